The van der Waals surface area contributed by atoms with Crippen molar-refractivity contribution < 1.29 is 14.3 Å². The molecule has 15 heavy (non-hydrogen) atoms. The Hall–Kier alpha value is -1.43. The average Bonchev–Trinajstić information content (AvgIpc) is 2.16. The molecule has 84 valence electrons. The van der Waals surface area contributed by atoms with Gasteiger partial charge in [0.15, 0.2) is 0 Å². The third-order valence-corrected chi connectivity index (χ3v) is 2.01. The first-order chi connectivity index (χ1) is 6.95. The Labute approximate surface area is 91.5 Å². The van der Waals surface area contributed by atoms with Gasteiger partial charge in [-0.25, -0.2) is 4.79 Å². The summed E-state index contributed by atoms with van der Waals surface area (Å²) in [4.78, 5) is 10.9. The summed E-state index contributed by atoms with van der Waals surface area (Å²) in [5.74, 6) is 2.60. The molecule has 0 heterocycles. The van der Waals surface area contributed by atoms with Gasteiger partial charge in [-0.15, -0.1) is 12.3 Å². The molecule has 0 aliphatic heterocycles. The molecule has 1 unspecified atom stereocenters. The van der Waals surface area contributed by atoms with Gasteiger partial charge in [-0.1, -0.05) is 26.5 Å². The van der Waals surface area contributed by atoms with Crippen LogP contribution >= 0.6 is 0 Å². The highest BCUT2D eigenvalue weighted by atomic mass is 16.7. The summed E-state index contributed by atoms with van der Waals surface area (Å²) in [6, 6.07) is 0. The van der Waals surface area contributed by atoms with E-state index in [1.165, 1.54) is 7.11 Å². The van der Waals surface area contributed by atoms with Gasteiger partial charge in [0, 0.05) is 6.42 Å². The van der Waals surface area contributed by atoms with Gasteiger partial charge in [-0.05, 0) is 11.8 Å². The minimum Gasteiger partial charge on any atom is -0.438 e. The molecule has 3 nitrogen and oxygen atoms in total. The first-order valence-corrected chi connectivity index (χ1v) is 4.76. The fourth-order valence-electron chi connectivity index (χ4n) is 1.24. The number of hydrogen-bond acceptors (Lipinski definition) is 3. The Kier molecular flexibility index (Phi) is 5.54. The molecule has 0 aromatic carbocycles. The quantitative estimate of drug-likeness (QED) is 0.397. The molecule has 0 aliphatic rings. The smallest absolute Gasteiger partial charge is 0.438 e. The van der Waals surface area contributed by atoms with Crippen molar-refractivity contribution in [2.75, 3.05) is 7.11 Å². The molecule has 0 amide bonds. The standard InChI is InChI=1S/C12H18O3/c1-6-8-12(3,4)9-10(7-2)15-11(13)14-5/h1,7,10H,2,8-9H2,3-5H3. The van der Waals surface area contributed by atoms with Gasteiger partial charge < -0.3 is 9.47 Å². The Morgan fingerprint density at radius 2 is 2.27 bits per heavy atom. The zero-order valence-electron chi connectivity index (χ0n) is 9.58. The van der Waals surface area contributed by atoms with E-state index in [1.807, 2.05) is 13.8 Å². The number of carbonyl (C=O) groups is 1. The van der Waals surface area contributed by atoms with Gasteiger partial charge in [0.2, 0.25) is 0 Å². The van der Waals surface area contributed by atoms with Crippen molar-refractivity contribution in [1.29, 1.82) is 0 Å². The Morgan fingerprint density at radius 3 is 2.67 bits per heavy atom. The third kappa shape index (κ3) is 5.79. The molecule has 0 aromatic heterocycles. The summed E-state index contributed by atoms with van der Waals surface area (Å²) >= 11 is 0. The summed E-state index contributed by atoms with van der Waals surface area (Å²) in [5, 5.41) is 0. The number of terminal acetylenes is 1. The van der Waals surface area contributed by atoms with Crippen LogP contribution in [0.5, 0.6) is 0 Å². The predicted molar refractivity (Wildman–Crippen MR) is 59.3 cm³/mol. The topological polar surface area (TPSA) is 35.5 Å². The highest BCUT2D eigenvalue weighted by Gasteiger charge is 2.23. The van der Waals surface area contributed by atoms with Crippen molar-refractivity contribution in [3.63, 3.8) is 0 Å². The molecular weight excluding hydrogens is 192 g/mol. The molecule has 0 spiro atoms. The summed E-state index contributed by atoms with van der Waals surface area (Å²) in [7, 11) is 1.27. The second-order valence-corrected chi connectivity index (χ2v) is 4.10. The molecule has 1 atom stereocenters. The Bertz CT molecular complexity index is 261. The lowest BCUT2D eigenvalue weighted by Crippen LogP contribution is -2.23. The van der Waals surface area contributed by atoms with E-state index < -0.39 is 6.16 Å². The molecular formula is C12H18O3. The van der Waals surface area contributed by atoms with Crippen LogP contribution in [0.15, 0.2) is 12.7 Å². The molecule has 3 heteroatoms. The van der Waals surface area contributed by atoms with E-state index in [4.69, 9.17) is 11.2 Å². The third-order valence-electron chi connectivity index (χ3n) is 2.01. The fourth-order valence-corrected chi connectivity index (χ4v) is 1.24. The second kappa shape index (κ2) is 6.13. The van der Waals surface area contributed by atoms with Gasteiger partial charge in [-0.2, -0.15) is 0 Å². The average molecular weight is 210 g/mol. The summed E-state index contributed by atoms with van der Waals surface area (Å²) < 4.78 is 9.39. The predicted octanol–water partition coefficient (Wildman–Crippen LogP) is 2.76. The van der Waals surface area contributed by atoms with Gasteiger partial charge >= 0.3 is 6.16 Å². The number of ether oxygens (including phenoxy) is 2. The van der Waals surface area contributed by atoms with Gasteiger partial charge in [0.1, 0.15) is 6.10 Å². The Morgan fingerprint density at radius 1 is 1.67 bits per heavy atom. The van der Waals surface area contributed by atoms with Gasteiger partial charge in [-0.3, -0.25) is 0 Å². The maximum absolute atomic E-state index is 10.9. The van der Waals surface area contributed by atoms with E-state index in [-0.39, 0.29) is 11.5 Å². The minimum absolute atomic E-state index is 0.0817. The van der Waals surface area contributed by atoms with Crippen molar-refractivity contribution in [3.05, 3.63) is 12.7 Å². The molecule has 0 radical (unpaired) electrons. The largest absolute Gasteiger partial charge is 0.508 e. The van der Waals surface area contributed by atoms with E-state index in [0.29, 0.717) is 12.8 Å². The van der Waals surface area contributed by atoms with Crippen LogP contribution in [-0.4, -0.2) is 19.4 Å². The van der Waals surface area contributed by atoms with Crippen LogP contribution in [0.1, 0.15) is 26.7 Å². The van der Waals surface area contributed by atoms with Crippen molar-refractivity contribution >= 4 is 6.16 Å². The molecule has 0 rings (SSSR count). The first kappa shape index (κ1) is 13.6. The van der Waals surface area contributed by atoms with Crippen LogP contribution in [-0.2, 0) is 9.47 Å². The summed E-state index contributed by atoms with van der Waals surface area (Å²) in [6.07, 6.45) is 7.03. The maximum Gasteiger partial charge on any atom is 0.508 e. The van der Waals surface area contributed by atoms with Crippen LogP contribution in [0.2, 0.25) is 0 Å². The minimum atomic E-state index is -0.698. The monoisotopic (exact) mass is 210 g/mol. The van der Waals surface area contributed by atoms with Crippen LogP contribution in [0.4, 0.5) is 4.79 Å². The summed E-state index contributed by atoms with van der Waals surface area (Å²) in [6.45, 7) is 7.64. The van der Waals surface area contributed by atoms with Gasteiger partial charge in [0.05, 0.1) is 7.11 Å². The number of rotatable bonds is 5. The van der Waals surface area contributed by atoms with Crippen molar-refractivity contribution in [1.82, 2.24) is 0 Å². The van der Waals surface area contributed by atoms with E-state index in [9.17, 15) is 4.79 Å². The van der Waals surface area contributed by atoms with E-state index in [0.717, 1.165) is 0 Å². The van der Waals surface area contributed by atoms with Crippen LogP contribution < -0.4 is 0 Å². The van der Waals surface area contributed by atoms with Crippen LogP contribution in [0.3, 0.4) is 0 Å². The Balaban J connectivity index is 4.27. The first-order valence-electron chi connectivity index (χ1n) is 4.76. The van der Waals surface area contributed by atoms with Crippen molar-refractivity contribution in [2.45, 2.75) is 32.8 Å². The van der Waals surface area contributed by atoms with E-state index in [2.05, 4.69) is 17.2 Å². The second-order valence-electron chi connectivity index (χ2n) is 4.10. The molecule has 0 saturated heterocycles. The highest BCUT2D eigenvalue weighted by Crippen LogP contribution is 2.27. The SMILES string of the molecule is C#CCC(C)(C)CC(C=C)OC(=O)OC. The van der Waals surface area contributed by atoms with E-state index in [1.54, 1.807) is 6.08 Å². The van der Waals surface area contributed by atoms with Gasteiger partial charge in [0.25, 0.3) is 0 Å². The lowest BCUT2D eigenvalue weighted by atomic mass is 9.84. The highest BCUT2D eigenvalue weighted by molar-refractivity contribution is 5.60. The maximum atomic E-state index is 10.9. The molecule has 0 N–H and O–H groups in total. The zero-order valence-corrected chi connectivity index (χ0v) is 9.58. The van der Waals surface area contributed by atoms with E-state index >= 15 is 0 Å². The normalized spacial score (nSPS) is 12.4. The fraction of sp³-hybridized carbons (Fsp3) is 0.583. The van der Waals surface area contributed by atoms with Crippen LogP contribution in [0, 0.1) is 17.8 Å². The van der Waals surface area contributed by atoms with Crippen molar-refractivity contribution in [2.24, 2.45) is 5.41 Å². The lowest BCUT2D eigenvalue weighted by molar-refractivity contribution is 0.0384. The number of hydrogen-bond donors (Lipinski definition) is 0. The van der Waals surface area contributed by atoms with Crippen molar-refractivity contribution in [3.8, 4) is 12.3 Å². The summed E-state index contributed by atoms with van der Waals surface area (Å²) in [5.41, 5.74) is -0.0817. The lowest BCUT2D eigenvalue weighted by Gasteiger charge is -2.25. The zero-order chi connectivity index (χ0) is 11.9. The molecule has 0 bridgehead atoms. The molecule has 0 aliphatic carbocycles. The van der Waals surface area contributed by atoms with Crippen LogP contribution in [0.25, 0.3) is 0 Å². The molecule has 0 fully saturated rings. The number of carbonyl (C=O) groups excluding carboxylic acids is 1. The molecule has 0 saturated carbocycles. The molecule has 0 aromatic rings. The number of methoxy groups -OCH3 is 1.